The van der Waals surface area contributed by atoms with Crippen LogP contribution in [0.2, 0.25) is 0 Å². The van der Waals surface area contributed by atoms with E-state index in [0.29, 0.717) is 52.3 Å². The van der Waals surface area contributed by atoms with Crippen LogP contribution in [-0.4, -0.2) is 34.8 Å². The fourth-order valence-electron chi connectivity index (χ4n) is 3.27. The van der Waals surface area contributed by atoms with Crippen molar-refractivity contribution >= 4 is 33.6 Å². The Labute approximate surface area is 188 Å². The van der Waals surface area contributed by atoms with Crippen LogP contribution in [0.3, 0.4) is 0 Å². The third-order valence-electron chi connectivity index (χ3n) is 4.75. The van der Waals surface area contributed by atoms with Crippen LogP contribution in [0.5, 0.6) is 0 Å². The minimum Gasteiger partial charge on any atom is -0.277 e. The van der Waals surface area contributed by atoms with Crippen LogP contribution in [0.4, 0.5) is 0 Å². The number of aryl methyl sites for hydroxylation is 1. The van der Waals surface area contributed by atoms with Crippen molar-refractivity contribution in [2.45, 2.75) is 50.1 Å². The monoisotopic (exact) mass is 460 g/mol. The van der Waals surface area contributed by atoms with E-state index < -0.39 is 16.4 Å². The molecule has 2 heterocycles. The fourth-order valence-corrected chi connectivity index (χ4v) is 5.59. The second-order valence-electron chi connectivity index (χ2n) is 7.75. The van der Waals surface area contributed by atoms with Crippen LogP contribution < -0.4 is 11.2 Å². The van der Waals surface area contributed by atoms with Gasteiger partial charge in [-0.2, -0.15) is 0 Å². The predicted octanol–water partition coefficient (Wildman–Crippen LogP) is 3.00. The molecule has 0 bridgehead atoms. The van der Waals surface area contributed by atoms with Gasteiger partial charge in [-0.15, -0.1) is 11.8 Å². The molecule has 0 fully saturated rings. The molecule has 9 heteroatoms. The van der Waals surface area contributed by atoms with Crippen LogP contribution in [0, 0.1) is 5.92 Å². The maximum absolute atomic E-state index is 13.0. The van der Waals surface area contributed by atoms with Gasteiger partial charge in [0, 0.05) is 36.4 Å². The summed E-state index contributed by atoms with van der Waals surface area (Å²) in [7, 11) is 0.354. The lowest BCUT2D eigenvalue weighted by atomic mass is 10.1. The highest BCUT2D eigenvalue weighted by Gasteiger charge is 2.19. The van der Waals surface area contributed by atoms with Gasteiger partial charge in [0.2, 0.25) is 0 Å². The number of hydrogen-bond donors (Lipinski definition) is 0. The van der Waals surface area contributed by atoms with Crippen LogP contribution in [0.1, 0.15) is 33.0 Å². The minimum atomic E-state index is -1.13. The average Bonchev–Trinajstić information content (AvgIpc) is 2.75. The van der Waals surface area contributed by atoms with E-state index in [0.717, 1.165) is 15.9 Å². The van der Waals surface area contributed by atoms with E-state index in [4.69, 9.17) is 0 Å². The molecule has 7 nitrogen and oxygen atoms in total. The summed E-state index contributed by atoms with van der Waals surface area (Å²) in [6.07, 6.45) is 1.39. The number of benzene rings is 1. The summed E-state index contributed by atoms with van der Waals surface area (Å²) in [5.74, 6) is 1.92. The Morgan fingerprint density at radius 1 is 1.13 bits per heavy atom. The van der Waals surface area contributed by atoms with E-state index >= 15 is 0 Å². The van der Waals surface area contributed by atoms with Gasteiger partial charge in [-0.05, 0) is 24.5 Å². The first kappa shape index (κ1) is 23.4. The molecule has 3 aromatic rings. The molecule has 0 amide bonds. The molecule has 2 aromatic heterocycles. The van der Waals surface area contributed by atoms with E-state index in [1.807, 2.05) is 37.3 Å². The maximum Gasteiger partial charge on any atom is 0.332 e. The molecule has 0 radical (unpaired) electrons. The van der Waals surface area contributed by atoms with Crippen molar-refractivity contribution in [2.24, 2.45) is 13.0 Å². The molecule has 3 rings (SSSR count). The summed E-state index contributed by atoms with van der Waals surface area (Å²) >= 11 is 1.40. The molecule has 0 saturated heterocycles. The Morgan fingerprint density at radius 3 is 2.48 bits per heavy atom. The number of aromatic nitrogens is 4. The van der Waals surface area contributed by atoms with Gasteiger partial charge >= 0.3 is 5.69 Å². The summed E-state index contributed by atoms with van der Waals surface area (Å²) in [6.45, 7) is 6.61. The molecular formula is C22H28N4O3S2. The average molecular weight is 461 g/mol. The number of rotatable bonds is 9. The van der Waals surface area contributed by atoms with Crippen LogP contribution >= 0.6 is 11.8 Å². The van der Waals surface area contributed by atoms with Crippen LogP contribution in [0.25, 0.3) is 11.0 Å². The Kier molecular flexibility index (Phi) is 7.83. The highest BCUT2D eigenvalue weighted by Crippen LogP contribution is 2.24. The Balaban J connectivity index is 2.03. The van der Waals surface area contributed by atoms with Crippen molar-refractivity contribution in [2.75, 3.05) is 11.5 Å². The van der Waals surface area contributed by atoms with Gasteiger partial charge in [-0.25, -0.2) is 14.8 Å². The smallest absolute Gasteiger partial charge is 0.277 e. The Bertz CT molecular complexity index is 1200. The second kappa shape index (κ2) is 10.4. The van der Waals surface area contributed by atoms with E-state index in [-0.39, 0.29) is 5.69 Å². The summed E-state index contributed by atoms with van der Waals surface area (Å²) in [4.78, 5) is 35.8. The van der Waals surface area contributed by atoms with E-state index in [1.54, 1.807) is 4.57 Å². The zero-order valence-electron chi connectivity index (χ0n) is 18.3. The number of nitrogens with zero attached hydrogens (tertiary/aromatic N) is 4. The minimum absolute atomic E-state index is 0.332. The van der Waals surface area contributed by atoms with Crippen LogP contribution in [0.15, 0.2) is 49.8 Å². The van der Waals surface area contributed by atoms with Crippen molar-refractivity contribution in [1.29, 1.82) is 0 Å². The maximum atomic E-state index is 13.0. The third-order valence-corrected chi connectivity index (χ3v) is 7.36. The number of thioether (sulfide) groups is 1. The third kappa shape index (κ3) is 5.33. The summed E-state index contributed by atoms with van der Waals surface area (Å²) in [5.41, 5.74) is -0.364. The first-order valence-electron chi connectivity index (χ1n) is 10.4. The molecule has 166 valence electrons. The standard InChI is InChI=1S/C22H28N4O3S2/c1-5-11-26-19-18(21(27)25(4)22(26)28)20(24-17(23-19)14-15(2)3)30-12-13-31(29)16-9-7-6-8-10-16/h6-10,15H,5,11-14H2,1-4H3/t31-/m0/s1. The largest absolute Gasteiger partial charge is 0.332 e. The predicted molar refractivity (Wildman–Crippen MR) is 126 cm³/mol. The Morgan fingerprint density at radius 2 is 1.84 bits per heavy atom. The highest BCUT2D eigenvalue weighted by molar-refractivity contribution is 8.00. The topological polar surface area (TPSA) is 86.9 Å². The SMILES string of the molecule is CCCn1c(=O)n(C)c(=O)c2c(SCC[S@](=O)c3ccccc3)nc(CC(C)C)nc21. The van der Waals surface area contributed by atoms with Crippen molar-refractivity contribution in [3.63, 3.8) is 0 Å². The van der Waals surface area contributed by atoms with Gasteiger partial charge in [-0.1, -0.05) is 39.0 Å². The molecule has 1 aromatic carbocycles. The second-order valence-corrected chi connectivity index (χ2v) is 10.4. The lowest BCUT2D eigenvalue weighted by Gasteiger charge is -2.14. The number of hydrogen-bond acceptors (Lipinski definition) is 6. The number of fused-ring (bicyclic) bond motifs is 1. The first-order valence-corrected chi connectivity index (χ1v) is 12.7. The Hall–Kier alpha value is -2.26. The lowest BCUT2D eigenvalue weighted by Crippen LogP contribution is -2.39. The van der Waals surface area contributed by atoms with E-state index in [1.165, 1.54) is 18.8 Å². The summed E-state index contributed by atoms with van der Waals surface area (Å²) < 4.78 is 15.3. The van der Waals surface area contributed by atoms with Crippen molar-refractivity contribution in [1.82, 2.24) is 19.1 Å². The van der Waals surface area contributed by atoms with Crippen LogP contribution in [-0.2, 0) is 30.8 Å². The molecule has 0 aliphatic rings. The van der Waals surface area contributed by atoms with Gasteiger partial charge in [0.25, 0.3) is 5.56 Å². The van der Waals surface area contributed by atoms with Gasteiger partial charge in [0.1, 0.15) is 16.2 Å². The van der Waals surface area contributed by atoms with Gasteiger partial charge < -0.3 is 0 Å². The molecule has 0 aliphatic carbocycles. The lowest BCUT2D eigenvalue weighted by molar-refractivity contribution is 0.592. The zero-order valence-corrected chi connectivity index (χ0v) is 20.0. The molecule has 0 aliphatic heterocycles. The fraction of sp³-hybridized carbons (Fsp3) is 0.455. The van der Waals surface area contributed by atoms with E-state index in [2.05, 4.69) is 23.8 Å². The molecular weight excluding hydrogens is 432 g/mol. The molecule has 1 atom stereocenters. The van der Waals surface area contributed by atoms with Crippen molar-refractivity contribution in [3.8, 4) is 0 Å². The normalized spacial score (nSPS) is 12.5. The van der Waals surface area contributed by atoms with Crippen molar-refractivity contribution in [3.05, 3.63) is 57.0 Å². The first-order chi connectivity index (χ1) is 14.8. The summed E-state index contributed by atoms with van der Waals surface area (Å²) in [5, 5.41) is 0.912. The van der Waals surface area contributed by atoms with Gasteiger partial charge in [-0.3, -0.25) is 18.1 Å². The van der Waals surface area contributed by atoms with E-state index in [9.17, 15) is 13.8 Å². The van der Waals surface area contributed by atoms with Gasteiger partial charge in [0.15, 0.2) is 5.65 Å². The van der Waals surface area contributed by atoms with Crippen molar-refractivity contribution < 1.29 is 4.21 Å². The van der Waals surface area contributed by atoms with Gasteiger partial charge in [0.05, 0.1) is 10.8 Å². The quantitative estimate of drug-likeness (QED) is 0.360. The molecule has 0 saturated carbocycles. The highest BCUT2D eigenvalue weighted by atomic mass is 32.2. The molecule has 0 N–H and O–H groups in total. The summed E-state index contributed by atoms with van der Waals surface area (Å²) in [6, 6.07) is 9.33. The zero-order chi connectivity index (χ0) is 22.5. The molecule has 0 spiro atoms. The molecule has 0 unspecified atom stereocenters. The molecule has 31 heavy (non-hydrogen) atoms.